The lowest BCUT2D eigenvalue weighted by atomic mass is 10.1. The first-order chi connectivity index (χ1) is 11.3. The van der Waals surface area contributed by atoms with E-state index in [1.54, 1.807) is 31.4 Å². The molecule has 0 saturated heterocycles. The van der Waals surface area contributed by atoms with Crippen molar-refractivity contribution in [2.24, 2.45) is 0 Å². The molecule has 0 unspecified atom stereocenters. The van der Waals surface area contributed by atoms with E-state index in [0.717, 1.165) is 16.9 Å². The fourth-order valence-electron chi connectivity index (χ4n) is 2.50. The number of hydrogen-bond acceptors (Lipinski definition) is 4. The summed E-state index contributed by atoms with van der Waals surface area (Å²) in [5.74, 6) is 0.741. The largest absolute Gasteiger partial charge is 0.496 e. The Bertz CT molecular complexity index is 771. The van der Waals surface area contributed by atoms with Gasteiger partial charge in [-0.05, 0) is 39.2 Å². The van der Waals surface area contributed by atoms with E-state index in [-0.39, 0.29) is 17.5 Å². The number of benzene rings is 2. The van der Waals surface area contributed by atoms with Crippen molar-refractivity contribution in [3.63, 3.8) is 0 Å². The number of hydrogen-bond donors (Lipinski definition) is 1. The molecule has 0 aliphatic heterocycles. The molecule has 2 aromatic rings. The summed E-state index contributed by atoms with van der Waals surface area (Å²) in [6.45, 7) is 2.18. The average Bonchev–Trinajstić information content (AvgIpc) is 2.55. The second-order valence-corrected chi connectivity index (χ2v) is 7.65. The van der Waals surface area contributed by atoms with E-state index in [9.17, 15) is 8.42 Å². The zero-order valence-corrected chi connectivity index (χ0v) is 15.3. The van der Waals surface area contributed by atoms with E-state index in [1.165, 1.54) is 0 Å². The van der Waals surface area contributed by atoms with Gasteiger partial charge < -0.3 is 9.64 Å². The lowest BCUT2D eigenvalue weighted by Crippen LogP contribution is -2.34. The normalized spacial score (nSPS) is 13.0. The van der Waals surface area contributed by atoms with Gasteiger partial charge in [-0.1, -0.05) is 35.9 Å². The number of nitrogens with one attached hydrogen (secondary N) is 1. The number of ether oxygens (including phenoxy) is 1. The van der Waals surface area contributed by atoms with E-state index in [0.29, 0.717) is 0 Å². The summed E-state index contributed by atoms with van der Waals surface area (Å²) in [6.07, 6.45) is 0. The van der Waals surface area contributed by atoms with Crippen molar-refractivity contribution in [1.82, 2.24) is 9.62 Å². The van der Waals surface area contributed by atoms with Gasteiger partial charge >= 0.3 is 0 Å². The second kappa shape index (κ2) is 7.79. The molecule has 24 heavy (non-hydrogen) atoms. The molecule has 0 saturated carbocycles. The quantitative estimate of drug-likeness (QED) is 0.835. The first-order valence-corrected chi connectivity index (χ1v) is 9.19. The minimum Gasteiger partial charge on any atom is -0.496 e. The van der Waals surface area contributed by atoms with Gasteiger partial charge in [0, 0.05) is 12.1 Å². The standard InChI is InChI=1S/C18H24N2O3S/c1-14-9-11-15(12-10-14)24(21,22)19-13-17(20(2)3)16-7-5-6-8-18(16)23-4/h5-12,17,19H,13H2,1-4H3/t17-/m0/s1. The van der Waals surface area contributed by atoms with Crippen LogP contribution in [0, 0.1) is 6.92 Å². The summed E-state index contributed by atoms with van der Waals surface area (Å²) < 4.78 is 33.1. The smallest absolute Gasteiger partial charge is 0.240 e. The van der Waals surface area contributed by atoms with Crippen LogP contribution >= 0.6 is 0 Å². The Morgan fingerprint density at radius 1 is 1.08 bits per heavy atom. The molecule has 0 aliphatic rings. The number of rotatable bonds is 7. The number of sulfonamides is 1. The molecule has 2 aromatic carbocycles. The second-order valence-electron chi connectivity index (χ2n) is 5.89. The minimum atomic E-state index is -3.55. The number of aryl methyl sites for hydroxylation is 1. The van der Waals surface area contributed by atoms with Gasteiger partial charge in [0.25, 0.3) is 0 Å². The molecule has 6 heteroatoms. The molecule has 0 spiro atoms. The van der Waals surface area contributed by atoms with Gasteiger partial charge in [0.05, 0.1) is 18.0 Å². The van der Waals surface area contributed by atoms with Gasteiger partial charge in [0.15, 0.2) is 0 Å². The monoisotopic (exact) mass is 348 g/mol. The van der Waals surface area contributed by atoms with Crippen LogP contribution in [0.4, 0.5) is 0 Å². The Morgan fingerprint density at radius 3 is 2.29 bits per heavy atom. The highest BCUT2D eigenvalue weighted by atomic mass is 32.2. The summed E-state index contributed by atoms with van der Waals surface area (Å²) in [4.78, 5) is 2.24. The third-order valence-electron chi connectivity index (χ3n) is 3.92. The maximum absolute atomic E-state index is 12.5. The maximum Gasteiger partial charge on any atom is 0.240 e. The van der Waals surface area contributed by atoms with E-state index in [1.807, 2.05) is 50.2 Å². The number of nitrogens with zero attached hydrogens (tertiary/aromatic N) is 1. The fraction of sp³-hybridized carbons (Fsp3) is 0.333. The Balaban J connectivity index is 2.21. The molecular weight excluding hydrogens is 324 g/mol. The minimum absolute atomic E-state index is 0.138. The van der Waals surface area contributed by atoms with Crippen molar-refractivity contribution in [2.75, 3.05) is 27.7 Å². The van der Waals surface area contributed by atoms with Crippen molar-refractivity contribution >= 4 is 10.0 Å². The number of methoxy groups -OCH3 is 1. The van der Waals surface area contributed by atoms with Gasteiger partial charge in [-0.15, -0.1) is 0 Å². The molecule has 1 N–H and O–H groups in total. The first-order valence-electron chi connectivity index (χ1n) is 7.71. The van der Waals surface area contributed by atoms with Crippen molar-refractivity contribution in [3.8, 4) is 5.75 Å². The van der Waals surface area contributed by atoms with Crippen molar-refractivity contribution in [2.45, 2.75) is 17.9 Å². The molecule has 0 aromatic heterocycles. The van der Waals surface area contributed by atoms with Crippen LogP contribution in [0.15, 0.2) is 53.4 Å². The van der Waals surface area contributed by atoms with Gasteiger partial charge in [-0.3, -0.25) is 0 Å². The van der Waals surface area contributed by atoms with Gasteiger partial charge in [-0.2, -0.15) is 0 Å². The summed E-state index contributed by atoms with van der Waals surface area (Å²) in [5.41, 5.74) is 1.96. The lowest BCUT2D eigenvalue weighted by Gasteiger charge is -2.26. The van der Waals surface area contributed by atoms with Gasteiger partial charge in [-0.25, -0.2) is 13.1 Å². The van der Waals surface area contributed by atoms with Gasteiger partial charge in [0.1, 0.15) is 5.75 Å². The fourth-order valence-corrected chi connectivity index (χ4v) is 3.54. The molecular formula is C18H24N2O3S. The number of likely N-dealkylation sites (N-methyl/N-ethyl adjacent to an activating group) is 1. The predicted octanol–water partition coefficient (Wildman–Crippen LogP) is 2.58. The summed E-state index contributed by atoms with van der Waals surface area (Å²) in [5, 5.41) is 0. The topological polar surface area (TPSA) is 58.6 Å². The molecule has 0 heterocycles. The molecule has 0 aliphatic carbocycles. The highest BCUT2D eigenvalue weighted by Gasteiger charge is 2.21. The van der Waals surface area contributed by atoms with Crippen LogP contribution in [-0.4, -0.2) is 41.1 Å². The van der Waals surface area contributed by atoms with E-state index in [2.05, 4.69) is 4.72 Å². The van der Waals surface area contributed by atoms with E-state index in [4.69, 9.17) is 4.74 Å². The van der Waals surface area contributed by atoms with E-state index < -0.39 is 10.0 Å². The van der Waals surface area contributed by atoms with Crippen LogP contribution in [0.25, 0.3) is 0 Å². The molecule has 0 fully saturated rings. The highest BCUT2D eigenvalue weighted by molar-refractivity contribution is 7.89. The van der Waals surface area contributed by atoms with Crippen LogP contribution in [0.2, 0.25) is 0 Å². The first kappa shape index (κ1) is 18.4. The van der Waals surface area contributed by atoms with Crippen LogP contribution < -0.4 is 9.46 Å². The predicted molar refractivity (Wildman–Crippen MR) is 95.8 cm³/mol. The van der Waals surface area contributed by atoms with Crippen LogP contribution in [0.3, 0.4) is 0 Å². The third kappa shape index (κ3) is 4.35. The van der Waals surface area contributed by atoms with Crippen LogP contribution in [-0.2, 0) is 10.0 Å². The maximum atomic E-state index is 12.5. The van der Waals surface area contributed by atoms with Gasteiger partial charge in [0.2, 0.25) is 10.0 Å². The van der Waals surface area contributed by atoms with E-state index >= 15 is 0 Å². The molecule has 5 nitrogen and oxygen atoms in total. The lowest BCUT2D eigenvalue weighted by molar-refractivity contribution is 0.289. The van der Waals surface area contributed by atoms with Crippen molar-refractivity contribution < 1.29 is 13.2 Å². The Hall–Kier alpha value is -1.89. The Labute approximate surface area is 144 Å². The highest BCUT2D eigenvalue weighted by Crippen LogP contribution is 2.27. The third-order valence-corrected chi connectivity index (χ3v) is 5.36. The molecule has 0 radical (unpaired) electrons. The van der Waals surface area contributed by atoms with Crippen LogP contribution in [0.5, 0.6) is 5.75 Å². The zero-order valence-electron chi connectivity index (χ0n) is 14.5. The molecule has 0 amide bonds. The van der Waals surface area contributed by atoms with Crippen molar-refractivity contribution in [3.05, 3.63) is 59.7 Å². The molecule has 0 bridgehead atoms. The summed E-state index contributed by atoms with van der Waals surface area (Å²) in [6, 6.07) is 14.3. The molecule has 2 rings (SSSR count). The van der Waals surface area contributed by atoms with Crippen LogP contribution in [0.1, 0.15) is 17.2 Å². The molecule has 1 atom stereocenters. The average molecular weight is 348 g/mol. The summed E-state index contributed by atoms with van der Waals surface area (Å²) in [7, 11) is 1.89. The summed E-state index contributed by atoms with van der Waals surface area (Å²) >= 11 is 0. The number of para-hydroxylation sites is 1. The Kier molecular flexibility index (Phi) is 5.99. The SMILES string of the molecule is COc1ccccc1[C@H](CNS(=O)(=O)c1ccc(C)cc1)N(C)C. The zero-order chi connectivity index (χ0) is 17.7. The van der Waals surface area contributed by atoms with Crippen molar-refractivity contribution in [1.29, 1.82) is 0 Å². The Morgan fingerprint density at radius 2 is 1.71 bits per heavy atom. The molecule has 130 valence electrons.